The van der Waals surface area contributed by atoms with Crippen LogP contribution in [-0.2, 0) is 0 Å². The number of nitriles is 1. The third-order valence-electron chi connectivity index (χ3n) is 2.40. The Morgan fingerprint density at radius 2 is 2.16 bits per heavy atom. The van der Waals surface area contributed by atoms with Gasteiger partial charge in [-0.3, -0.25) is 0 Å². The summed E-state index contributed by atoms with van der Waals surface area (Å²) in [5.74, 6) is 0.990. The van der Waals surface area contributed by atoms with Gasteiger partial charge in [0.05, 0.1) is 26.6 Å². The Balaban J connectivity index is 2.38. The number of aromatic nitrogens is 1. The van der Waals surface area contributed by atoms with Crippen molar-refractivity contribution < 1.29 is 4.74 Å². The minimum atomic E-state index is 0.422. The molecule has 1 aromatic carbocycles. The number of aryl methyl sites for hydroxylation is 1. The number of nitrogens with zero attached hydrogens (tertiary/aromatic N) is 2. The maximum atomic E-state index is 8.87. The molecule has 0 bridgehead atoms. The van der Waals surface area contributed by atoms with E-state index in [2.05, 4.69) is 49.6 Å². The van der Waals surface area contributed by atoms with Crippen LogP contribution in [0.1, 0.15) is 11.3 Å². The highest BCUT2D eigenvalue weighted by Crippen LogP contribution is 2.33. The topological polar surface area (TPSA) is 71.9 Å². The standard InChI is InChI=1S/C13H9BrIN3O/c1-7-9(14)2-3-12(18-7)19-13-10(15)4-8(6-16)5-11(13)17/h2-5H,17H2,1H3. The minimum Gasteiger partial charge on any atom is -0.436 e. The molecule has 0 aliphatic rings. The van der Waals surface area contributed by atoms with E-state index in [0.29, 0.717) is 22.9 Å². The van der Waals surface area contributed by atoms with Crippen molar-refractivity contribution in [3.63, 3.8) is 0 Å². The number of hydrogen-bond acceptors (Lipinski definition) is 4. The molecule has 0 aliphatic carbocycles. The van der Waals surface area contributed by atoms with E-state index in [4.69, 9.17) is 15.7 Å². The Morgan fingerprint density at radius 3 is 2.74 bits per heavy atom. The van der Waals surface area contributed by atoms with Crippen LogP contribution in [-0.4, -0.2) is 4.98 Å². The molecule has 2 N–H and O–H groups in total. The average Bonchev–Trinajstić information content (AvgIpc) is 2.37. The van der Waals surface area contributed by atoms with Crippen LogP contribution in [0.3, 0.4) is 0 Å². The average molecular weight is 430 g/mol. The van der Waals surface area contributed by atoms with E-state index in [0.717, 1.165) is 13.7 Å². The number of benzene rings is 1. The SMILES string of the molecule is Cc1nc(Oc2c(N)cc(C#N)cc2I)ccc1Br. The molecule has 0 atom stereocenters. The molecule has 2 rings (SSSR count). The van der Waals surface area contributed by atoms with Crippen molar-refractivity contribution in [3.8, 4) is 17.7 Å². The second-order valence-corrected chi connectivity index (χ2v) is 5.82. The fourth-order valence-electron chi connectivity index (χ4n) is 1.47. The lowest BCUT2D eigenvalue weighted by atomic mass is 10.2. The van der Waals surface area contributed by atoms with Gasteiger partial charge in [-0.2, -0.15) is 5.26 Å². The van der Waals surface area contributed by atoms with Crippen molar-refractivity contribution in [2.24, 2.45) is 0 Å². The molecule has 0 amide bonds. The molecule has 0 fully saturated rings. The molecule has 0 saturated heterocycles. The summed E-state index contributed by atoms with van der Waals surface area (Å²) >= 11 is 5.47. The zero-order chi connectivity index (χ0) is 14.0. The molecule has 0 radical (unpaired) electrons. The number of halogens is 2. The highest BCUT2D eigenvalue weighted by atomic mass is 127. The van der Waals surface area contributed by atoms with Crippen LogP contribution in [0.2, 0.25) is 0 Å². The Hall–Kier alpha value is -1.33. The Kier molecular flexibility index (Phi) is 4.27. The Bertz CT molecular complexity index is 659. The smallest absolute Gasteiger partial charge is 0.219 e. The van der Waals surface area contributed by atoms with Crippen molar-refractivity contribution >= 4 is 44.2 Å². The molecule has 0 unspecified atom stereocenters. The highest BCUT2D eigenvalue weighted by molar-refractivity contribution is 14.1. The zero-order valence-corrected chi connectivity index (χ0v) is 13.7. The van der Waals surface area contributed by atoms with Crippen LogP contribution in [0.5, 0.6) is 11.6 Å². The summed E-state index contributed by atoms with van der Waals surface area (Å²) in [6, 6.07) is 8.98. The fourth-order valence-corrected chi connectivity index (χ4v) is 2.45. The van der Waals surface area contributed by atoms with Gasteiger partial charge in [-0.25, -0.2) is 4.98 Å². The Labute approximate surface area is 132 Å². The summed E-state index contributed by atoms with van der Waals surface area (Å²) in [6.45, 7) is 1.88. The minimum absolute atomic E-state index is 0.422. The van der Waals surface area contributed by atoms with E-state index in [1.165, 1.54) is 0 Å². The van der Waals surface area contributed by atoms with Crippen LogP contribution in [0.15, 0.2) is 28.7 Å². The van der Waals surface area contributed by atoms with E-state index in [9.17, 15) is 0 Å². The van der Waals surface area contributed by atoms with E-state index in [-0.39, 0.29) is 0 Å². The van der Waals surface area contributed by atoms with Crippen molar-refractivity contribution in [3.05, 3.63) is 43.6 Å². The summed E-state index contributed by atoms with van der Waals surface area (Å²) in [5, 5.41) is 8.87. The maximum absolute atomic E-state index is 8.87. The van der Waals surface area contributed by atoms with Gasteiger partial charge in [0.2, 0.25) is 5.88 Å². The summed E-state index contributed by atoms with van der Waals surface area (Å²) in [4.78, 5) is 4.30. The number of anilines is 1. The summed E-state index contributed by atoms with van der Waals surface area (Å²) < 4.78 is 7.39. The normalized spacial score (nSPS) is 10.0. The largest absolute Gasteiger partial charge is 0.436 e. The number of nitrogen functional groups attached to an aromatic ring is 1. The van der Waals surface area contributed by atoms with Gasteiger partial charge in [0, 0.05) is 10.5 Å². The number of nitrogens with two attached hydrogens (primary N) is 1. The summed E-state index contributed by atoms with van der Waals surface area (Å²) in [7, 11) is 0. The van der Waals surface area contributed by atoms with E-state index in [1.807, 2.05) is 13.0 Å². The highest BCUT2D eigenvalue weighted by Gasteiger charge is 2.11. The van der Waals surface area contributed by atoms with Gasteiger partial charge >= 0.3 is 0 Å². The van der Waals surface area contributed by atoms with Gasteiger partial charge in [-0.15, -0.1) is 0 Å². The molecule has 1 heterocycles. The van der Waals surface area contributed by atoms with Crippen LogP contribution in [0, 0.1) is 21.8 Å². The number of hydrogen-bond donors (Lipinski definition) is 1. The molecule has 2 aromatic rings. The first kappa shape index (κ1) is 14.1. The van der Waals surface area contributed by atoms with Crippen LogP contribution >= 0.6 is 38.5 Å². The fraction of sp³-hybridized carbons (Fsp3) is 0.0769. The molecule has 0 saturated carbocycles. The van der Waals surface area contributed by atoms with E-state index in [1.54, 1.807) is 18.2 Å². The molecule has 19 heavy (non-hydrogen) atoms. The van der Waals surface area contributed by atoms with Gasteiger partial charge in [0.1, 0.15) is 0 Å². The lowest BCUT2D eigenvalue weighted by molar-refractivity contribution is 0.460. The zero-order valence-electron chi connectivity index (χ0n) is 9.95. The van der Waals surface area contributed by atoms with Gasteiger partial charge in [-0.1, -0.05) is 0 Å². The first-order chi connectivity index (χ1) is 9.01. The molecule has 0 spiro atoms. The van der Waals surface area contributed by atoms with Gasteiger partial charge in [0.15, 0.2) is 5.75 Å². The second kappa shape index (κ2) is 5.75. The molecule has 6 heteroatoms. The number of rotatable bonds is 2. The van der Waals surface area contributed by atoms with Crippen LogP contribution in [0.25, 0.3) is 0 Å². The number of pyridine rings is 1. The quantitative estimate of drug-likeness (QED) is 0.578. The number of ether oxygens (including phenoxy) is 1. The maximum Gasteiger partial charge on any atom is 0.219 e. The first-order valence-electron chi connectivity index (χ1n) is 5.31. The summed E-state index contributed by atoms with van der Waals surface area (Å²) in [6.07, 6.45) is 0. The lowest BCUT2D eigenvalue weighted by Crippen LogP contribution is -1.98. The van der Waals surface area contributed by atoms with E-state index < -0.39 is 0 Å². The Morgan fingerprint density at radius 1 is 1.42 bits per heavy atom. The van der Waals surface area contributed by atoms with Gasteiger partial charge < -0.3 is 10.5 Å². The molecule has 96 valence electrons. The monoisotopic (exact) mass is 429 g/mol. The predicted octanol–water partition coefficient (Wildman–Crippen LogP) is 4.00. The molecular weight excluding hydrogens is 421 g/mol. The second-order valence-electron chi connectivity index (χ2n) is 3.81. The van der Waals surface area contributed by atoms with Crippen molar-refractivity contribution in [2.75, 3.05) is 5.73 Å². The van der Waals surface area contributed by atoms with Gasteiger partial charge in [0.25, 0.3) is 0 Å². The lowest BCUT2D eigenvalue weighted by Gasteiger charge is -2.11. The van der Waals surface area contributed by atoms with Crippen LogP contribution < -0.4 is 10.5 Å². The van der Waals surface area contributed by atoms with Crippen molar-refractivity contribution in [2.45, 2.75) is 6.92 Å². The summed E-state index contributed by atoms with van der Waals surface area (Å²) in [5.41, 5.74) is 7.66. The van der Waals surface area contributed by atoms with Crippen molar-refractivity contribution in [1.82, 2.24) is 4.98 Å². The third kappa shape index (κ3) is 3.16. The van der Waals surface area contributed by atoms with Crippen LogP contribution in [0.4, 0.5) is 5.69 Å². The van der Waals surface area contributed by atoms with E-state index >= 15 is 0 Å². The molecule has 0 aliphatic heterocycles. The molecular formula is C13H9BrIN3O. The van der Waals surface area contributed by atoms with Crippen molar-refractivity contribution in [1.29, 1.82) is 5.26 Å². The predicted molar refractivity (Wildman–Crippen MR) is 85.0 cm³/mol. The first-order valence-corrected chi connectivity index (χ1v) is 7.18. The molecule has 1 aromatic heterocycles. The van der Waals surface area contributed by atoms with Gasteiger partial charge in [-0.05, 0) is 63.6 Å². The third-order valence-corrected chi connectivity index (χ3v) is 4.04. The molecule has 4 nitrogen and oxygen atoms in total.